The van der Waals surface area contributed by atoms with Crippen molar-refractivity contribution in [3.63, 3.8) is 0 Å². The predicted octanol–water partition coefficient (Wildman–Crippen LogP) is 3.64. The Hall–Kier alpha value is -3.95. The molecule has 2 amide bonds. The first-order chi connectivity index (χ1) is 15.5. The van der Waals surface area contributed by atoms with E-state index in [0.29, 0.717) is 16.8 Å². The van der Waals surface area contributed by atoms with E-state index in [1.54, 1.807) is 24.3 Å². The van der Waals surface area contributed by atoms with E-state index in [0.717, 1.165) is 24.4 Å². The van der Waals surface area contributed by atoms with E-state index in [2.05, 4.69) is 15.6 Å². The molecule has 0 fully saturated rings. The van der Waals surface area contributed by atoms with Crippen LogP contribution in [-0.2, 0) is 27.0 Å². The van der Waals surface area contributed by atoms with Gasteiger partial charge < -0.3 is 15.7 Å². The van der Waals surface area contributed by atoms with Gasteiger partial charge in [0.15, 0.2) is 0 Å². The molecule has 10 heteroatoms. The number of aliphatic carboxylic acids is 1. The first kappa shape index (κ1) is 23.7. The van der Waals surface area contributed by atoms with E-state index < -0.39 is 41.5 Å². The Labute approximate surface area is 186 Å². The third-order valence-corrected chi connectivity index (χ3v) is 4.98. The SMILES string of the molecule is CC(C(=O)O)C(=O)N[C@@H](Cc1ccc(C(F)(F)F)cc1)C(=O)Nc1cnc2ccccc2c1. The highest BCUT2D eigenvalue weighted by Crippen LogP contribution is 2.29. The number of alkyl halides is 3. The van der Waals surface area contributed by atoms with E-state index >= 15 is 0 Å². The molecule has 0 saturated heterocycles. The summed E-state index contributed by atoms with van der Waals surface area (Å²) in [4.78, 5) is 40.6. The number of amides is 2. The Balaban J connectivity index is 1.82. The number of nitrogens with zero attached hydrogens (tertiary/aromatic N) is 1. The third-order valence-electron chi connectivity index (χ3n) is 4.98. The van der Waals surface area contributed by atoms with Crippen LogP contribution in [0.25, 0.3) is 10.9 Å². The molecule has 1 unspecified atom stereocenters. The van der Waals surface area contributed by atoms with Gasteiger partial charge in [-0.1, -0.05) is 30.3 Å². The van der Waals surface area contributed by atoms with Crippen molar-refractivity contribution in [2.75, 3.05) is 5.32 Å². The standard InChI is InChI=1S/C23H20F3N3O4/c1-13(22(32)33)20(30)29-19(10-14-6-8-16(9-7-14)23(24,25)26)21(31)28-17-11-15-4-2-3-5-18(15)27-12-17/h2-9,11-13,19H,10H2,1H3,(H,28,31)(H,29,30)(H,32,33)/t13?,19-/m0/s1. The molecule has 0 spiro atoms. The zero-order valence-electron chi connectivity index (χ0n) is 17.4. The highest BCUT2D eigenvalue weighted by atomic mass is 19.4. The lowest BCUT2D eigenvalue weighted by atomic mass is 10.0. The lowest BCUT2D eigenvalue weighted by Gasteiger charge is -2.20. The van der Waals surface area contributed by atoms with Gasteiger partial charge in [0.1, 0.15) is 12.0 Å². The van der Waals surface area contributed by atoms with Gasteiger partial charge in [0, 0.05) is 11.8 Å². The molecule has 0 saturated carbocycles. The fraction of sp³-hybridized carbons (Fsp3) is 0.217. The summed E-state index contributed by atoms with van der Waals surface area (Å²) in [5.74, 6) is -4.36. The minimum Gasteiger partial charge on any atom is -0.481 e. The van der Waals surface area contributed by atoms with E-state index in [1.807, 2.05) is 6.07 Å². The third kappa shape index (κ3) is 6.06. The van der Waals surface area contributed by atoms with Gasteiger partial charge in [-0.2, -0.15) is 13.2 Å². The molecule has 0 aliphatic carbocycles. The summed E-state index contributed by atoms with van der Waals surface area (Å²) < 4.78 is 38.5. The molecule has 172 valence electrons. The summed E-state index contributed by atoms with van der Waals surface area (Å²) in [6.07, 6.45) is -3.23. The minimum atomic E-state index is -4.51. The van der Waals surface area contributed by atoms with Crippen LogP contribution in [0.1, 0.15) is 18.1 Å². The minimum absolute atomic E-state index is 0.150. The van der Waals surface area contributed by atoms with Crippen LogP contribution in [0.2, 0.25) is 0 Å². The summed E-state index contributed by atoms with van der Waals surface area (Å²) in [6.45, 7) is 1.16. The highest BCUT2D eigenvalue weighted by Gasteiger charge is 2.31. The Morgan fingerprint density at radius 2 is 1.70 bits per heavy atom. The first-order valence-electron chi connectivity index (χ1n) is 9.89. The number of benzene rings is 2. The number of carboxylic acids is 1. The number of carbonyl (C=O) groups is 3. The largest absolute Gasteiger partial charge is 0.481 e. The van der Waals surface area contributed by atoms with E-state index in [1.165, 1.54) is 18.3 Å². The van der Waals surface area contributed by atoms with Crippen LogP contribution < -0.4 is 10.6 Å². The summed E-state index contributed by atoms with van der Waals surface area (Å²) in [5, 5.41) is 14.8. The van der Waals surface area contributed by atoms with Crippen molar-refractivity contribution in [3.8, 4) is 0 Å². The molecule has 1 aromatic heterocycles. The maximum absolute atomic E-state index is 12.9. The number of pyridine rings is 1. The van der Waals surface area contributed by atoms with Crippen LogP contribution in [0.3, 0.4) is 0 Å². The number of hydrogen-bond donors (Lipinski definition) is 3. The van der Waals surface area contributed by atoms with Crippen molar-refractivity contribution in [1.29, 1.82) is 0 Å². The van der Waals surface area contributed by atoms with Gasteiger partial charge in [-0.05, 0) is 36.8 Å². The zero-order chi connectivity index (χ0) is 24.2. The number of para-hydroxylation sites is 1. The Morgan fingerprint density at radius 3 is 2.33 bits per heavy atom. The second kappa shape index (κ2) is 9.68. The van der Waals surface area contributed by atoms with Crippen molar-refractivity contribution in [2.45, 2.75) is 25.6 Å². The number of halogens is 3. The van der Waals surface area contributed by atoms with Crippen LogP contribution in [0.4, 0.5) is 18.9 Å². The summed E-state index contributed by atoms with van der Waals surface area (Å²) in [6, 6.07) is 11.8. The van der Waals surface area contributed by atoms with Gasteiger partial charge in [0.25, 0.3) is 0 Å². The summed E-state index contributed by atoms with van der Waals surface area (Å²) in [7, 11) is 0. The Bertz CT molecular complexity index is 1180. The summed E-state index contributed by atoms with van der Waals surface area (Å²) >= 11 is 0. The Morgan fingerprint density at radius 1 is 1.03 bits per heavy atom. The molecule has 2 aromatic carbocycles. The topological polar surface area (TPSA) is 108 Å². The monoisotopic (exact) mass is 459 g/mol. The molecule has 2 atom stereocenters. The fourth-order valence-electron chi connectivity index (χ4n) is 3.05. The number of carboxylic acid groups (broad SMARTS) is 1. The second-order valence-corrected chi connectivity index (χ2v) is 7.43. The molecule has 0 aliphatic rings. The van der Waals surface area contributed by atoms with Crippen molar-refractivity contribution < 1.29 is 32.7 Å². The number of hydrogen-bond acceptors (Lipinski definition) is 4. The van der Waals surface area contributed by atoms with Gasteiger partial charge >= 0.3 is 12.1 Å². The second-order valence-electron chi connectivity index (χ2n) is 7.43. The van der Waals surface area contributed by atoms with Gasteiger partial charge in [-0.15, -0.1) is 0 Å². The lowest BCUT2D eigenvalue weighted by molar-refractivity contribution is -0.147. The molecule has 1 heterocycles. The number of carbonyl (C=O) groups excluding carboxylic acids is 2. The molecular weight excluding hydrogens is 439 g/mol. The molecule has 0 radical (unpaired) electrons. The quantitative estimate of drug-likeness (QED) is 0.468. The zero-order valence-corrected chi connectivity index (χ0v) is 17.4. The van der Waals surface area contributed by atoms with Gasteiger partial charge in [0.2, 0.25) is 11.8 Å². The van der Waals surface area contributed by atoms with Crippen LogP contribution in [0.5, 0.6) is 0 Å². The van der Waals surface area contributed by atoms with Crippen molar-refractivity contribution >= 4 is 34.4 Å². The number of rotatable bonds is 7. The number of aromatic nitrogens is 1. The van der Waals surface area contributed by atoms with Crippen LogP contribution >= 0.6 is 0 Å². The number of fused-ring (bicyclic) bond motifs is 1. The van der Waals surface area contributed by atoms with Gasteiger partial charge in [0.05, 0.1) is 23.0 Å². The van der Waals surface area contributed by atoms with Crippen LogP contribution in [0.15, 0.2) is 60.8 Å². The average molecular weight is 459 g/mol. The molecule has 3 aromatic rings. The average Bonchev–Trinajstić information content (AvgIpc) is 2.77. The summed E-state index contributed by atoms with van der Waals surface area (Å²) in [5.41, 5.74) is 0.554. The normalized spacial score (nSPS) is 13.2. The van der Waals surface area contributed by atoms with Crippen molar-refractivity contribution in [2.24, 2.45) is 5.92 Å². The first-order valence-corrected chi connectivity index (χ1v) is 9.89. The maximum atomic E-state index is 12.9. The number of nitrogens with one attached hydrogen (secondary N) is 2. The smallest absolute Gasteiger partial charge is 0.416 e. The lowest BCUT2D eigenvalue weighted by Crippen LogP contribution is -2.48. The molecule has 0 aliphatic heterocycles. The molecule has 7 nitrogen and oxygen atoms in total. The van der Waals surface area contributed by atoms with Crippen molar-refractivity contribution in [3.05, 3.63) is 71.9 Å². The van der Waals surface area contributed by atoms with Gasteiger partial charge in [-0.3, -0.25) is 19.4 Å². The molecule has 3 rings (SSSR count). The molecule has 33 heavy (non-hydrogen) atoms. The molecular formula is C23H20F3N3O4. The highest BCUT2D eigenvalue weighted by molar-refractivity contribution is 6.02. The van der Waals surface area contributed by atoms with E-state index in [-0.39, 0.29) is 6.42 Å². The fourth-order valence-corrected chi connectivity index (χ4v) is 3.05. The van der Waals surface area contributed by atoms with Crippen molar-refractivity contribution in [1.82, 2.24) is 10.3 Å². The molecule has 0 bridgehead atoms. The Kier molecular flexibility index (Phi) is 6.95. The van der Waals surface area contributed by atoms with Crippen LogP contribution in [0, 0.1) is 5.92 Å². The maximum Gasteiger partial charge on any atom is 0.416 e. The van der Waals surface area contributed by atoms with E-state index in [9.17, 15) is 27.6 Å². The van der Waals surface area contributed by atoms with Gasteiger partial charge in [-0.25, -0.2) is 0 Å². The van der Waals surface area contributed by atoms with E-state index in [4.69, 9.17) is 5.11 Å². The molecule has 3 N–H and O–H groups in total. The predicted molar refractivity (Wildman–Crippen MR) is 114 cm³/mol. The van der Waals surface area contributed by atoms with Crippen LogP contribution in [-0.4, -0.2) is 33.9 Å². The number of anilines is 1.